The number of imidazole rings is 1. The van der Waals surface area contributed by atoms with E-state index in [1.807, 2.05) is 0 Å². The van der Waals surface area contributed by atoms with Gasteiger partial charge in [-0.15, -0.1) is 0 Å². The summed E-state index contributed by atoms with van der Waals surface area (Å²) in [6.45, 7) is 0. The van der Waals surface area contributed by atoms with Crippen molar-refractivity contribution in [1.82, 2.24) is 9.38 Å². The number of para-hydroxylation sites is 3. The zero-order chi connectivity index (χ0) is 30.9. The number of fused-ring (bicyclic) bond motifs is 11. The number of pyridine rings is 1. The molecule has 0 aliphatic carbocycles. The van der Waals surface area contributed by atoms with Crippen LogP contribution in [0.4, 0.5) is 0 Å². The van der Waals surface area contributed by atoms with Crippen molar-refractivity contribution in [3.8, 4) is 33.4 Å². The average Bonchev–Trinajstić information content (AvgIpc) is 3.55. The average molecular weight is 597 g/mol. The van der Waals surface area contributed by atoms with Crippen molar-refractivity contribution in [2.45, 2.75) is 0 Å². The molecule has 0 atom stereocenters. The maximum Gasteiger partial charge on any atom is 0.146 e. The Labute approximate surface area is 271 Å². The molecule has 0 fully saturated rings. The molecule has 0 N–H and O–H groups in total. The normalized spacial score (nSPS) is 11.8. The summed E-state index contributed by atoms with van der Waals surface area (Å²) in [5.74, 6) is 0. The van der Waals surface area contributed by atoms with Crippen LogP contribution < -0.4 is 0 Å². The van der Waals surface area contributed by atoms with E-state index in [-0.39, 0.29) is 0 Å². The monoisotopic (exact) mass is 596 g/mol. The minimum Gasteiger partial charge on any atom is -0.292 e. The van der Waals surface area contributed by atoms with E-state index in [1.165, 1.54) is 65.5 Å². The highest BCUT2D eigenvalue weighted by molar-refractivity contribution is 6.25. The van der Waals surface area contributed by atoms with Gasteiger partial charge in [-0.2, -0.15) is 0 Å². The van der Waals surface area contributed by atoms with E-state index in [0.29, 0.717) is 0 Å². The smallest absolute Gasteiger partial charge is 0.146 e. The molecule has 218 valence electrons. The lowest BCUT2D eigenvalue weighted by atomic mass is 9.91. The summed E-state index contributed by atoms with van der Waals surface area (Å²) in [7, 11) is 0. The van der Waals surface area contributed by atoms with Crippen LogP contribution in [-0.4, -0.2) is 9.38 Å². The number of hydrogen-bond acceptors (Lipinski definition) is 1. The quantitative estimate of drug-likeness (QED) is 0.185. The lowest BCUT2D eigenvalue weighted by Crippen LogP contribution is -1.92. The standard InChI is InChI=1S/C45H28N2/c1-7-21-43-34(11-1)28-40(45-46-42-20-6-8-22-44(42)47(43)45)33-15-10-14-31(26-33)29-12-9-13-30(25-29)32-23-24-39-37-18-3-2-16-35(37)36-17-4-5-19-38(36)41(39)27-32/h1-28H. The van der Waals surface area contributed by atoms with E-state index in [9.17, 15) is 0 Å². The molecule has 0 amide bonds. The van der Waals surface area contributed by atoms with E-state index in [4.69, 9.17) is 4.98 Å². The summed E-state index contributed by atoms with van der Waals surface area (Å²) in [6.07, 6.45) is 0. The maximum atomic E-state index is 5.13. The highest BCUT2D eigenvalue weighted by Gasteiger charge is 2.15. The molecule has 0 saturated heterocycles. The third kappa shape index (κ3) is 4.02. The van der Waals surface area contributed by atoms with E-state index < -0.39 is 0 Å². The van der Waals surface area contributed by atoms with Crippen molar-refractivity contribution >= 4 is 59.9 Å². The van der Waals surface area contributed by atoms with Crippen LogP contribution in [-0.2, 0) is 0 Å². The molecule has 0 spiro atoms. The van der Waals surface area contributed by atoms with Crippen LogP contribution in [0, 0.1) is 0 Å². The first kappa shape index (κ1) is 26.0. The molecule has 0 unspecified atom stereocenters. The van der Waals surface area contributed by atoms with Crippen molar-refractivity contribution in [1.29, 1.82) is 0 Å². The molecule has 10 rings (SSSR count). The maximum absolute atomic E-state index is 5.13. The number of rotatable bonds is 3. The van der Waals surface area contributed by atoms with Crippen LogP contribution in [0.1, 0.15) is 0 Å². The first-order chi connectivity index (χ1) is 23.3. The highest BCUT2D eigenvalue weighted by Crippen LogP contribution is 2.38. The predicted octanol–water partition coefficient (Wildman–Crippen LogP) is 12.1. The fraction of sp³-hybridized carbons (Fsp3) is 0. The SMILES string of the molecule is c1cc(-c2cccc(-c3cc4ccccc4n4c3nc3ccccc34)c2)cc(-c2ccc3c4ccccc4c4ccccc4c3c2)c1. The molecule has 0 bridgehead atoms. The van der Waals surface area contributed by atoms with Gasteiger partial charge in [0.1, 0.15) is 5.65 Å². The Hall–Kier alpha value is -6.25. The molecule has 0 radical (unpaired) electrons. The lowest BCUT2D eigenvalue weighted by Gasteiger charge is -2.13. The van der Waals surface area contributed by atoms with Crippen LogP contribution in [0.2, 0.25) is 0 Å². The largest absolute Gasteiger partial charge is 0.292 e. The van der Waals surface area contributed by atoms with Gasteiger partial charge in [0.05, 0.1) is 16.6 Å². The van der Waals surface area contributed by atoms with Crippen molar-refractivity contribution in [3.63, 3.8) is 0 Å². The zero-order valence-corrected chi connectivity index (χ0v) is 25.6. The molecule has 47 heavy (non-hydrogen) atoms. The molecule has 2 heterocycles. The van der Waals surface area contributed by atoms with Crippen molar-refractivity contribution in [2.75, 3.05) is 0 Å². The minimum atomic E-state index is 0.978. The molecule has 0 aliphatic rings. The summed E-state index contributed by atoms with van der Waals surface area (Å²) in [6, 6.07) is 61.6. The third-order valence-electron chi connectivity index (χ3n) is 9.73. The zero-order valence-electron chi connectivity index (χ0n) is 25.6. The number of benzene rings is 8. The van der Waals surface area contributed by atoms with Gasteiger partial charge in [-0.3, -0.25) is 4.40 Å². The molecular formula is C45H28N2. The first-order valence-electron chi connectivity index (χ1n) is 16.1. The van der Waals surface area contributed by atoms with Crippen molar-refractivity contribution in [3.05, 3.63) is 170 Å². The summed E-state index contributed by atoms with van der Waals surface area (Å²) in [5.41, 5.74) is 11.4. The number of aromatic nitrogens is 2. The molecule has 8 aromatic carbocycles. The Morgan fingerprint density at radius 1 is 0.340 bits per heavy atom. The van der Waals surface area contributed by atoms with Gasteiger partial charge in [0, 0.05) is 5.56 Å². The van der Waals surface area contributed by atoms with Crippen molar-refractivity contribution < 1.29 is 0 Å². The third-order valence-corrected chi connectivity index (χ3v) is 9.73. The van der Waals surface area contributed by atoms with Gasteiger partial charge in [0.25, 0.3) is 0 Å². The summed E-state index contributed by atoms with van der Waals surface area (Å²) in [5, 5.41) is 8.97. The Kier molecular flexibility index (Phi) is 5.61. The van der Waals surface area contributed by atoms with E-state index in [0.717, 1.165) is 27.8 Å². The van der Waals surface area contributed by atoms with Crippen LogP contribution in [0.3, 0.4) is 0 Å². The molecule has 0 saturated carbocycles. The summed E-state index contributed by atoms with van der Waals surface area (Å²) < 4.78 is 2.31. The first-order valence-corrected chi connectivity index (χ1v) is 16.1. The van der Waals surface area contributed by atoms with E-state index >= 15 is 0 Å². The van der Waals surface area contributed by atoms with Gasteiger partial charge in [-0.25, -0.2) is 4.98 Å². The molecule has 2 aromatic heterocycles. The molecule has 10 aromatic rings. The molecule has 2 nitrogen and oxygen atoms in total. The Balaban J connectivity index is 1.12. The van der Waals surface area contributed by atoms with Crippen LogP contribution >= 0.6 is 0 Å². The second-order valence-electron chi connectivity index (χ2n) is 12.4. The molecular weight excluding hydrogens is 569 g/mol. The topological polar surface area (TPSA) is 17.3 Å². The lowest BCUT2D eigenvalue weighted by molar-refractivity contribution is 1.30. The fourth-order valence-corrected chi connectivity index (χ4v) is 7.53. The van der Waals surface area contributed by atoms with Crippen molar-refractivity contribution in [2.24, 2.45) is 0 Å². The van der Waals surface area contributed by atoms with Gasteiger partial charge < -0.3 is 0 Å². The van der Waals surface area contributed by atoms with Crippen LogP contribution in [0.5, 0.6) is 0 Å². The predicted molar refractivity (Wildman–Crippen MR) is 199 cm³/mol. The Morgan fingerprint density at radius 2 is 0.851 bits per heavy atom. The highest BCUT2D eigenvalue weighted by atomic mass is 15.0. The Morgan fingerprint density at radius 3 is 1.55 bits per heavy atom. The van der Waals surface area contributed by atoms with Gasteiger partial charge >= 0.3 is 0 Å². The van der Waals surface area contributed by atoms with Gasteiger partial charge in [0.2, 0.25) is 0 Å². The second kappa shape index (κ2) is 10.1. The van der Waals surface area contributed by atoms with E-state index in [1.54, 1.807) is 0 Å². The van der Waals surface area contributed by atoms with Gasteiger partial charge in [0.15, 0.2) is 0 Å². The number of nitrogens with zero attached hydrogens (tertiary/aromatic N) is 2. The molecule has 2 heteroatoms. The number of hydrogen-bond donors (Lipinski definition) is 0. The Bertz CT molecular complexity index is 2820. The minimum absolute atomic E-state index is 0.978. The second-order valence-corrected chi connectivity index (χ2v) is 12.4. The van der Waals surface area contributed by atoms with Crippen LogP contribution in [0.15, 0.2) is 170 Å². The summed E-state index contributed by atoms with van der Waals surface area (Å²) in [4.78, 5) is 5.13. The van der Waals surface area contributed by atoms with E-state index in [2.05, 4.69) is 174 Å². The van der Waals surface area contributed by atoms with Crippen LogP contribution in [0.25, 0.3) is 93.3 Å². The van der Waals surface area contributed by atoms with Gasteiger partial charge in [-0.05, 0) is 108 Å². The molecule has 0 aliphatic heterocycles. The fourth-order valence-electron chi connectivity index (χ4n) is 7.53. The van der Waals surface area contributed by atoms with Gasteiger partial charge in [-0.1, -0.05) is 127 Å². The summed E-state index contributed by atoms with van der Waals surface area (Å²) >= 11 is 0.